The van der Waals surface area contributed by atoms with Crippen molar-refractivity contribution in [3.05, 3.63) is 48.3 Å². The Kier molecular flexibility index (Phi) is 4.65. The molecule has 0 aliphatic carbocycles. The minimum atomic E-state index is -0.600. The summed E-state index contributed by atoms with van der Waals surface area (Å²) in [6.45, 7) is 5.30. The van der Waals surface area contributed by atoms with Gasteiger partial charge in [-0.3, -0.25) is 9.59 Å². The smallest absolute Gasteiger partial charge is 0.314 e. The SMILES string of the molecule is CC(C)(C)OC(=O)CC(=O)c1cccc(-c2ncccn2)c1. The average molecular weight is 298 g/mol. The van der Waals surface area contributed by atoms with E-state index in [0.717, 1.165) is 5.56 Å². The summed E-state index contributed by atoms with van der Waals surface area (Å²) in [5.74, 6) is -0.277. The highest BCUT2D eigenvalue weighted by molar-refractivity contribution is 6.06. The van der Waals surface area contributed by atoms with E-state index in [4.69, 9.17) is 4.74 Å². The molecular formula is C17H18N2O3. The number of esters is 1. The van der Waals surface area contributed by atoms with Crippen LogP contribution in [0.15, 0.2) is 42.7 Å². The number of carbonyl (C=O) groups excluding carboxylic acids is 2. The quantitative estimate of drug-likeness (QED) is 0.493. The van der Waals surface area contributed by atoms with E-state index in [1.807, 2.05) is 6.07 Å². The number of hydrogen-bond donors (Lipinski definition) is 0. The molecular weight excluding hydrogens is 280 g/mol. The first-order valence-electron chi connectivity index (χ1n) is 6.98. The molecule has 114 valence electrons. The van der Waals surface area contributed by atoms with Crippen LogP contribution in [0.4, 0.5) is 0 Å². The molecule has 0 atom stereocenters. The fourth-order valence-electron chi connectivity index (χ4n) is 1.89. The van der Waals surface area contributed by atoms with Gasteiger partial charge >= 0.3 is 5.97 Å². The molecule has 0 bridgehead atoms. The third-order valence-electron chi connectivity index (χ3n) is 2.73. The Morgan fingerprint density at radius 2 is 1.77 bits per heavy atom. The van der Waals surface area contributed by atoms with Crippen LogP contribution in [0, 0.1) is 0 Å². The Labute approximate surface area is 129 Å². The summed E-state index contributed by atoms with van der Waals surface area (Å²) in [4.78, 5) is 32.2. The highest BCUT2D eigenvalue weighted by Gasteiger charge is 2.20. The van der Waals surface area contributed by atoms with Crippen LogP contribution in [0.5, 0.6) is 0 Å². The Balaban J connectivity index is 2.13. The fraction of sp³-hybridized carbons (Fsp3) is 0.294. The van der Waals surface area contributed by atoms with E-state index >= 15 is 0 Å². The second-order valence-electron chi connectivity index (χ2n) is 5.84. The maximum atomic E-state index is 12.2. The van der Waals surface area contributed by atoms with Crippen LogP contribution in [0.25, 0.3) is 11.4 Å². The van der Waals surface area contributed by atoms with Crippen molar-refractivity contribution in [2.75, 3.05) is 0 Å². The predicted octanol–water partition coefficient (Wildman–Crippen LogP) is 3.06. The summed E-state index contributed by atoms with van der Waals surface area (Å²) in [6.07, 6.45) is 2.99. The van der Waals surface area contributed by atoms with Crippen LogP contribution >= 0.6 is 0 Å². The number of hydrogen-bond acceptors (Lipinski definition) is 5. The normalized spacial score (nSPS) is 11.0. The van der Waals surface area contributed by atoms with Crippen molar-refractivity contribution >= 4 is 11.8 Å². The molecule has 0 saturated carbocycles. The van der Waals surface area contributed by atoms with Gasteiger partial charge in [-0.05, 0) is 32.9 Å². The largest absolute Gasteiger partial charge is 0.460 e. The summed E-state index contributed by atoms with van der Waals surface area (Å²) in [6, 6.07) is 8.63. The zero-order chi connectivity index (χ0) is 16.2. The van der Waals surface area contributed by atoms with Crippen molar-refractivity contribution in [1.29, 1.82) is 0 Å². The molecule has 0 fully saturated rings. The summed E-state index contributed by atoms with van der Waals surface area (Å²) < 4.78 is 5.16. The molecule has 2 aromatic rings. The van der Waals surface area contributed by atoms with E-state index in [2.05, 4.69) is 9.97 Å². The highest BCUT2D eigenvalue weighted by Crippen LogP contribution is 2.17. The van der Waals surface area contributed by atoms with Crippen LogP contribution in [0.2, 0.25) is 0 Å². The second-order valence-corrected chi connectivity index (χ2v) is 5.84. The number of aromatic nitrogens is 2. The number of rotatable bonds is 4. The molecule has 0 aliphatic rings. The Morgan fingerprint density at radius 1 is 1.09 bits per heavy atom. The van der Waals surface area contributed by atoms with E-state index in [0.29, 0.717) is 11.4 Å². The van der Waals surface area contributed by atoms with Crippen molar-refractivity contribution in [2.45, 2.75) is 32.8 Å². The van der Waals surface area contributed by atoms with Crippen LogP contribution in [-0.2, 0) is 9.53 Å². The Hall–Kier alpha value is -2.56. The standard InChI is InChI=1S/C17H18N2O3/c1-17(2,3)22-15(21)11-14(20)12-6-4-7-13(10-12)16-18-8-5-9-19-16/h4-10H,11H2,1-3H3. The van der Waals surface area contributed by atoms with Gasteiger partial charge in [0, 0.05) is 23.5 Å². The molecule has 1 aromatic carbocycles. The van der Waals surface area contributed by atoms with Gasteiger partial charge in [-0.15, -0.1) is 0 Å². The summed E-state index contributed by atoms with van der Waals surface area (Å²) in [5, 5.41) is 0. The van der Waals surface area contributed by atoms with Gasteiger partial charge in [0.2, 0.25) is 0 Å². The van der Waals surface area contributed by atoms with E-state index in [-0.39, 0.29) is 12.2 Å². The van der Waals surface area contributed by atoms with Gasteiger partial charge in [0.1, 0.15) is 12.0 Å². The van der Waals surface area contributed by atoms with Gasteiger partial charge in [0.25, 0.3) is 0 Å². The van der Waals surface area contributed by atoms with Gasteiger partial charge < -0.3 is 4.74 Å². The number of nitrogens with zero attached hydrogens (tertiary/aromatic N) is 2. The topological polar surface area (TPSA) is 69.2 Å². The van der Waals surface area contributed by atoms with Gasteiger partial charge in [-0.1, -0.05) is 18.2 Å². The monoisotopic (exact) mass is 298 g/mol. The molecule has 5 nitrogen and oxygen atoms in total. The highest BCUT2D eigenvalue weighted by atomic mass is 16.6. The minimum absolute atomic E-state index is 0.281. The van der Waals surface area contributed by atoms with Crippen molar-refractivity contribution in [2.24, 2.45) is 0 Å². The fourth-order valence-corrected chi connectivity index (χ4v) is 1.89. The molecule has 2 rings (SSSR count). The molecule has 0 unspecified atom stereocenters. The summed E-state index contributed by atoms with van der Waals surface area (Å²) >= 11 is 0. The van der Waals surface area contributed by atoms with E-state index in [9.17, 15) is 9.59 Å². The van der Waals surface area contributed by atoms with Crippen LogP contribution in [0.1, 0.15) is 37.6 Å². The number of Topliss-reactive ketones (excluding diaryl/α,β-unsaturated/α-hetero) is 1. The molecule has 0 spiro atoms. The molecule has 0 radical (unpaired) electrons. The van der Waals surface area contributed by atoms with Crippen molar-refractivity contribution in [3.63, 3.8) is 0 Å². The Morgan fingerprint density at radius 3 is 2.41 bits per heavy atom. The number of ether oxygens (including phenoxy) is 1. The minimum Gasteiger partial charge on any atom is -0.460 e. The van der Waals surface area contributed by atoms with Gasteiger partial charge in [0.05, 0.1) is 0 Å². The lowest BCUT2D eigenvalue weighted by molar-refractivity contribution is -0.153. The van der Waals surface area contributed by atoms with Gasteiger partial charge in [-0.2, -0.15) is 0 Å². The summed E-state index contributed by atoms with van der Waals surface area (Å²) in [7, 11) is 0. The first-order valence-corrected chi connectivity index (χ1v) is 6.98. The maximum absolute atomic E-state index is 12.2. The molecule has 0 N–H and O–H groups in total. The second kappa shape index (κ2) is 6.47. The number of carbonyl (C=O) groups is 2. The van der Waals surface area contributed by atoms with Gasteiger partial charge in [-0.25, -0.2) is 9.97 Å². The maximum Gasteiger partial charge on any atom is 0.314 e. The number of benzene rings is 1. The first-order chi connectivity index (χ1) is 10.3. The molecule has 0 aliphatic heterocycles. The molecule has 22 heavy (non-hydrogen) atoms. The lowest BCUT2D eigenvalue weighted by atomic mass is 10.0. The average Bonchev–Trinajstić information content (AvgIpc) is 2.46. The van der Waals surface area contributed by atoms with E-state index < -0.39 is 11.6 Å². The van der Waals surface area contributed by atoms with Crippen LogP contribution < -0.4 is 0 Å². The van der Waals surface area contributed by atoms with Crippen molar-refractivity contribution in [3.8, 4) is 11.4 Å². The zero-order valence-electron chi connectivity index (χ0n) is 12.9. The molecule has 5 heteroatoms. The third kappa shape index (κ3) is 4.48. The van der Waals surface area contributed by atoms with Crippen molar-refractivity contribution in [1.82, 2.24) is 9.97 Å². The van der Waals surface area contributed by atoms with Crippen LogP contribution in [-0.4, -0.2) is 27.3 Å². The first kappa shape index (κ1) is 15.8. The lowest BCUT2D eigenvalue weighted by Gasteiger charge is -2.19. The molecule has 0 amide bonds. The third-order valence-corrected chi connectivity index (χ3v) is 2.73. The Bertz CT molecular complexity index is 676. The van der Waals surface area contributed by atoms with Crippen LogP contribution in [0.3, 0.4) is 0 Å². The van der Waals surface area contributed by atoms with E-state index in [1.54, 1.807) is 57.4 Å². The van der Waals surface area contributed by atoms with Crippen molar-refractivity contribution < 1.29 is 14.3 Å². The molecule has 1 aromatic heterocycles. The predicted molar refractivity (Wildman–Crippen MR) is 82.3 cm³/mol. The van der Waals surface area contributed by atoms with E-state index in [1.165, 1.54) is 0 Å². The molecule has 1 heterocycles. The lowest BCUT2D eigenvalue weighted by Crippen LogP contribution is -2.25. The number of ketones is 1. The molecule has 0 saturated heterocycles. The summed E-state index contributed by atoms with van der Waals surface area (Å²) in [5.41, 5.74) is 0.573. The van der Waals surface area contributed by atoms with Gasteiger partial charge in [0.15, 0.2) is 11.6 Å². The zero-order valence-corrected chi connectivity index (χ0v) is 12.9.